The van der Waals surface area contributed by atoms with Crippen LogP contribution in [-0.4, -0.2) is 23.6 Å². The van der Waals surface area contributed by atoms with Crippen LogP contribution in [0.3, 0.4) is 0 Å². The third-order valence-corrected chi connectivity index (χ3v) is 4.02. The van der Waals surface area contributed by atoms with Gasteiger partial charge in [0.2, 0.25) is 5.91 Å². The number of benzene rings is 1. The number of phenols is 1. The summed E-state index contributed by atoms with van der Waals surface area (Å²) in [6.07, 6.45) is 6.13. The minimum absolute atomic E-state index is 0.0437. The molecule has 0 unspecified atom stereocenters. The monoisotopic (exact) mass is 262 g/mol. The number of hydrogen-bond acceptors (Lipinski definition) is 3. The summed E-state index contributed by atoms with van der Waals surface area (Å²) in [5.74, 6) is 0.0655. The van der Waals surface area contributed by atoms with Gasteiger partial charge in [0, 0.05) is 12.0 Å². The number of aromatic hydroxyl groups is 1. The van der Waals surface area contributed by atoms with Crippen molar-refractivity contribution in [1.82, 2.24) is 5.32 Å². The van der Waals surface area contributed by atoms with E-state index in [1.807, 2.05) is 7.05 Å². The zero-order valence-corrected chi connectivity index (χ0v) is 11.4. The van der Waals surface area contributed by atoms with Crippen LogP contribution in [0.4, 0.5) is 5.69 Å². The molecule has 2 rings (SSSR count). The average molecular weight is 262 g/mol. The first kappa shape index (κ1) is 13.9. The molecule has 1 saturated carbocycles. The Morgan fingerprint density at radius 3 is 2.58 bits per heavy atom. The lowest BCUT2D eigenvalue weighted by molar-refractivity contribution is -0.117. The first-order chi connectivity index (χ1) is 9.15. The molecular weight excluding hydrogens is 240 g/mol. The summed E-state index contributed by atoms with van der Waals surface area (Å²) in [4.78, 5) is 12.1. The maximum absolute atomic E-state index is 12.1. The van der Waals surface area contributed by atoms with Crippen LogP contribution >= 0.6 is 0 Å². The van der Waals surface area contributed by atoms with Gasteiger partial charge in [-0.05, 0) is 32.0 Å². The van der Waals surface area contributed by atoms with Crippen molar-refractivity contribution in [3.63, 3.8) is 0 Å². The largest absolute Gasteiger partial charge is 0.506 e. The minimum Gasteiger partial charge on any atom is -0.506 e. The summed E-state index contributed by atoms with van der Waals surface area (Å²) in [5.41, 5.74) is 0.404. The Kier molecular flexibility index (Phi) is 4.43. The fourth-order valence-corrected chi connectivity index (χ4v) is 2.82. The Morgan fingerprint density at radius 2 is 1.95 bits per heavy atom. The second kappa shape index (κ2) is 6.06. The highest BCUT2D eigenvalue weighted by Crippen LogP contribution is 2.31. The number of hydrogen-bond donors (Lipinski definition) is 3. The molecule has 0 radical (unpaired) electrons. The van der Waals surface area contributed by atoms with E-state index in [1.165, 1.54) is 19.3 Å². The quantitative estimate of drug-likeness (QED) is 0.731. The first-order valence-electron chi connectivity index (χ1n) is 6.92. The molecule has 1 aromatic rings. The smallest absolute Gasteiger partial charge is 0.226 e. The molecule has 0 spiro atoms. The molecule has 1 aliphatic rings. The Hall–Kier alpha value is -1.55. The molecular formula is C15H22N2O2. The summed E-state index contributed by atoms with van der Waals surface area (Å²) < 4.78 is 0. The third-order valence-electron chi connectivity index (χ3n) is 4.02. The number of amides is 1. The fraction of sp³-hybridized carbons (Fsp3) is 0.533. The SMILES string of the molecule is CNC1(CC(=O)Nc2ccccc2O)CCCCC1. The minimum atomic E-state index is -0.0767. The lowest BCUT2D eigenvalue weighted by Crippen LogP contribution is -2.47. The molecule has 1 aromatic carbocycles. The van der Waals surface area contributed by atoms with Crippen molar-refractivity contribution < 1.29 is 9.90 Å². The predicted molar refractivity (Wildman–Crippen MR) is 76.2 cm³/mol. The van der Waals surface area contributed by atoms with Crippen molar-refractivity contribution in [3.8, 4) is 5.75 Å². The van der Waals surface area contributed by atoms with Crippen LogP contribution in [0.25, 0.3) is 0 Å². The number of carbonyl (C=O) groups is 1. The summed E-state index contributed by atoms with van der Waals surface area (Å²) in [6, 6.07) is 6.81. The molecule has 0 atom stereocenters. The van der Waals surface area contributed by atoms with Gasteiger partial charge in [-0.1, -0.05) is 31.4 Å². The van der Waals surface area contributed by atoms with Crippen LogP contribution in [0.5, 0.6) is 5.75 Å². The molecule has 0 aliphatic heterocycles. The van der Waals surface area contributed by atoms with Gasteiger partial charge in [-0.25, -0.2) is 0 Å². The second-order valence-electron chi connectivity index (χ2n) is 5.33. The van der Waals surface area contributed by atoms with E-state index >= 15 is 0 Å². The van der Waals surface area contributed by atoms with Crippen molar-refractivity contribution in [2.24, 2.45) is 0 Å². The van der Waals surface area contributed by atoms with E-state index in [0.29, 0.717) is 12.1 Å². The Bertz CT molecular complexity index is 440. The van der Waals surface area contributed by atoms with Gasteiger partial charge in [0.15, 0.2) is 0 Å². The van der Waals surface area contributed by atoms with Gasteiger partial charge in [-0.15, -0.1) is 0 Å². The Labute approximate surface area is 114 Å². The van der Waals surface area contributed by atoms with Gasteiger partial charge in [0.25, 0.3) is 0 Å². The highest BCUT2D eigenvalue weighted by Gasteiger charge is 2.32. The predicted octanol–water partition coefficient (Wildman–Crippen LogP) is 2.64. The molecule has 1 aliphatic carbocycles. The van der Waals surface area contributed by atoms with E-state index in [4.69, 9.17) is 0 Å². The summed E-state index contributed by atoms with van der Waals surface area (Å²) in [7, 11) is 1.93. The molecule has 0 heterocycles. The highest BCUT2D eigenvalue weighted by molar-refractivity contribution is 5.92. The molecule has 1 amide bonds. The average Bonchev–Trinajstić information content (AvgIpc) is 2.42. The number of rotatable bonds is 4. The van der Waals surface area contributed by atoms with Crippen molar-refractivity contribution in [3.05, 3.63) is 24.3 Å². The number of para-hydroxylation sites is 2. The first-order valence-corrected chi connectivity index (χ1v) is 6.92. The number of anilines is 1. The normalized spacial score (nSPS) is 17.9. The van der Waals surface area contributed by atoms with Crippen molar-refractivity contribution >= 4 is 11.6 Å². The maximum atomic E-state index is 12.1. The standard InChI is InChI=1S/C15H22N2O2/c1-16-15(9-5-2-6-10-15)11-14(19)17-12-7-3-4-8-13(12)18/h3-4,7-8,16,18H,2,5-6,9-11H2,1H3,(H,17,19). The van der Waals surface area contributed by atoms with E-state index in [9.17, 15) is 9.90 Å². The molecule has 3 N–H and O–H groups in total. The molecule has 0 aromatic heterocycles. The van der Waals surface area contributed by atoms with Gasteiger partial charge in [0.1, 0.15) is 5.75 Å². The van der Waals surface area contributed by atoms with E-state index in [0.717, 1.165) is 12.8 Å². The third kappa shape index (κ3) is 3.47. The Balaban J connectivity index is 1.98. The van der Waals surface area contributed by atoms with E-state index in [2.05, 4.69) is 10.6 Å². The molecule has 4 heteroatoms. The van der Waals surface area contributed by atoms with Crippen LogP contribution in [-0.2, 0) is 4.79 Å². The van der Waals surface area contributed by atoms with Gasteiger partial charge < -0.3 is 15.7 Å². The topological polar surface area (TPSA) is 61.4 Å². The molecule has 0 saturated heterocycles. The van der Waals surface area contributed by atoms with Gasteiger partial charge >= 0.3 is 0 Å². The van der Waals surface area contributed by atoms with Crippen LogP contribution in [0.2, 0.25) is 0 Å². The van der Waals surface area contributed by atoms with Crippen LogP contribution in [0.1, 0.15) is 38.5 Å². The van der Waals surface area contributed by atoms with Gasteiger partial charge in [-0.2, -0.15) is 0 Å². The van der Waals surface area contributed by atoms with Crippen LogP contribution in [0.15, 0.2) is 24.3 Å². The van der Waals surface area contributed by atoms with E-state index in [1.54, 1.807) is 24.3 Å². The summed E-state index contributed by atoms with van der Waals surface area (Å²) >= 11 is 0. The van der Waals surface area contributed by atoms with Crippen molar-refractivity contribution in [2.75, 3.05) is 12.4 Å². The maximum Gasteiger partial charge on any atom is 0.226 e. The molecule has 1 fully saturated rings. The zero-order chi connectivity index (χ0) is 13.7. The van der Waals surface area contributed by atoms with Gasteiger partial charge in [-0.3, -0.25) is 4.79 Å². The molecule has 0 bridgehead atoms. The lowest BCUT2D eigenvalue weighted by Gasteiger charge is -2.36. The zero-order valence-electron chi connectivity index (χ0n) is 11.4. The number of phenolic OH excluding ortho intramolecular Hbond substituents is 1. The molecule has 19 heavy (non-hydrogen) atoms. The van der Waals surface area contributed by atoms with Crippen molar-refractivity contribution in [2.45, 2.75) is 44.1 Å². The van der Waals surface area contributed by atoms with Crippen LogP contribution < -0.4 is 10.6 Å². The number of nitrogens with one attached hydrogen (secondary N) is 2. The van der Waals surface area contributed by atoms with Gasteiger partial charge in [0.05, 0.1) is 5.69 Å². The second-order valence-corrected chi connectivity index (χ2v) is 5.33. The van der Waals surface area contributed by atoms with E-state index in [-0.39, 0.29) is 17.2 Å². The highest BCUT2D eigenvalue weighted by atomic mass is 16.3. The molecule has 4 nitrogen and oxygen atoms in total. The van der Waals surface area contributed by atoms with Crippen LogP contribution in [0, 0.1) is 0 Å². The van der Waals surface area contributed by atoms with E-state index < -0.39 is 0 Å². The summed E-state index contributed by atoms with van der Waals surface area (Å²) in [6.45, 7) is 0. The Morgan fingerprint density at radius 1 is 1.26 bits per heavy atom. The lowest BCUT2D eigenvalue weighted by atomic mass is 9.79. The summed E-state index contributed by atoms with van der Waals surface area (Å²) in [5, 5.41) is 15.8. The molecule has 104 valence electrons. The number of carbonyl (C=O) groups excluding carboxylic acids is 1. The van der Waals surface area contributed by atoms with Crippen molar-refractivity contribution in [1.29, 1.82) is 0 Å². The fourth-order valence-electron chi connectivity index (χ4n) is 2.82.